The number of aromatic hydroxyl groups is 1. The van der Waals surface area contributed by atoms with Crippen LogP contribution >= 0.6 is 11.6 Å². The number of hydrazone groups is 1. The number of ether oxygens (including phenoxy) is 1. The predicted octanol–water partition coefficient (Wildman–Crippen LogP) is 3.21. The maximum absolute atomic E-state index is 12.2. The van der Waals surface area contributed by atoms with Crippen molar-refractivity contribution in [2.45, 2.75) is 6.92 Å². The molecule has 2 N–H and O–H groups in total. The second-order valence-corrected chi connectivity index (χ2v) is 4.94. The van der Waals surface area contributed by atoms with Gasteiger partial charge in [0.25, 0.3) is 5.91 Å². The van der Waals surface area contributed by atoms with Crippen molar-refractivity contribution in [3.05, 3.63) is 58.6 Å². The summed E-state index contributed by atoms with van der Waals surface area (Å²) < 4.78 is 5.12. The van der Waals surface area contributed by atoms with Gasteiger partial charge in [-0.05, 0) is 37.3 Å². The number of hydrogen-bond acceptors (Lipinski definition) is 4. The van der Waals surface area contributed by atoms with E-state index in [1.165, 1.54) is 13.2 Å². The molecular weight excluding hydrogens is 304 g/mol. The molecule has 0 unspecified atom stereocenters. The summed E-state index contributed by atoms with van der Waals surface area (Å²) in [6.45, 7) is 1.69. The SMILES string of the molecule is COc1ccc(Cl)cc1C(=O)N/N=C(\C)c1ccccc1O. The van der Waals surface area contributed by atoms with Crippen molar-refractivity contribution in [3.63, 3.8) is 0 Å². The normalized spacial score (nSPS) is 11.1. The molecule has 0 saturated carbocycles. The second-order valence-electron chi connectivity index (χ2n) is 4.50. The van der Waals surface area contributed by atoms with Gasteiger partial charge >= 0.3 is 0 Å². The maximum atomic E-state index is 12.2. The number of phenolic OH excluding ortho intramolecular Hbond substituents is 1. The Hall–Kier alpha value is -2.53. The molecule has 114 valence electrons. The third-order valence-corrected chi connectivity index (χ3v) is 3.26. The first-order chi connectivity index (χ1) is 10.5. The second kappa shape index (κ2) is 6.95. The molecule has 5 nitrogen and oxygen atoms in total. The van der Waals surface area contributed by atoms with Gasteiger partial charge in [0.15, 0.2) is 0 Å². The lowest BCUT2D eigenvalue weighted by molar-refractivity contribution is 0.0952. The molecule has 0 radical (unpaired) electrons. The molecule has 0 aromatic heterocycles. The van der Waals surface area contributed by atoms with Crippen molar-refractivity contribution in [3.8, 4) is 11.5 Å². The molecule has 0 bridgehead atoms. The topological polar surface area (TPSA) is 70.9 Å². The molecule has 0 fully saturated rings. The number of para-hydroxylation sites is 1. The molecule has 2 aromatic carbocycles. The Bertz CT molecular complexity index is 729. The van der Waals surface area contributed by atoms with Gasteiger partial charge in [-0.25, -0.2) is 5.43 Å². The zero-order valence-electron chi connectivity index (χ0n) is 12.1. The fourth-order valence-corrected chi connectivity index (χ4v) is 2.06. The molecule has 0 spiro atoms. The van der Waals surface area contributed by atoms with Crippen LogP contribution < -0.4 is 10.2 Å². The van der Waals surface area contributed by atoms with Crippen LogP contribution in [0.3, 0.4) is 0 Å². The van der Waals surface area contributed by atoms with E-state index in [2.05, 4.69) is 10.5 Å². The molecule has 0 aliphatic heterocycles. The number of carbonyl (C=O) groups is 1. The van der Waals surface area contributed by atoms with Gasteiger partial charge in [0.2, 0.25) is 0 Å². The number of amides is 1. The van der Waals surface area contributed by atoms with Crippen LogP contribution in [0.15, 0.2) is 47.6 Å². The summed E-state index contributed by atoms with van der Waals surface area (Å²) in [4.78, 5) is 12.2. The van der Waals surface area contributed by atoms with Gasteiger partial charge in [-0.2, -0.15) is 5.10 Å². The Balaban J connectivity index is 2.21. The first kappa shape index (κ1) is 15.9. The highest BCUT2D eigenvalue weighted by molar-refractivity contribution is 6.31. The average Bonchev–Trinajstić information content (AvgIpc) is 2.52. The van der Waals surface area contributed by atoms with Gasteiger partial charge in [0, 0.05) is 10.6 Å². The minimum absolute atomic E-state index is 0.0957. The Morgan fingerprint density at radius 1 is 1.23 bits per heavy atom. The van der Waals surface area contributed by atoms with E-state index in [1.54, 1.807) is 43.3 Å². The lowest BCUT2D eigenvalue weighted by atomic mass is 10.1. The molecule has 6 heteroatoms. The summed E-state index contributed by atoms with van der Waals surface area (Å²) in [6, 6.07) is 11.5. The minimum atomic E-state index is -0.450. The highest BCUT2D eigenvalue weighted by atomic mass is 35.5. The molecule has 22 heavy (non-hydrogen) atoms. The Morgan fingerprint density at radius 3 is 2.64 bits per heavy atom. The number of halogens is 1. The van der Waals surface area contributed by atoms with E-state index in [-0.39, 0.29) is 11.3 Å². The molecule has 0 atom stereocenters. The summed E-state index contributed by atoms with van der Waals surface area (Å²) in [5.41, 5.74) is 3.73. The average molecular weight is 319 g/mol. The van der Waals surface area contributed by atoms with Crippen molar-refractivity contribution in [2.75, 3.05) is 7.11 Å². The summed E-state index contributed by atoms with van der Waals surface area (Å²) in [6.07, 6.45) is 0. The molecule has 2 aromatic rings. The van der Waals surface area contributed by atoms with Gasteiger partial charge in [0.1, 0.15) is 11.5 Å². The van der Waals surface area contributed by atoms with Crippen LogP contribution in [-0.4, -0.2) is 23.8 Å². The van der Waals surface area contributed by atoms with Crippen molar-refractivity contribution in [1.82, 2.24) is 5.43 Å². The highest BCUT2D eigenvalue weighted by Gasteiger charge is 2.13. The summed E-state index contributed by atoms with van der Waals surface area (Å²) in [5, 5.41) is 14.2. The smallest absolute Gasteiger partial charge is 0.275 e. The van der Waals surface area contributed by atoms with Crippen LogP contribution in [0.25, 0.3) is 0 Å². The number of nitrogens with one attached hydrogen (secondary N) is 1. The largest absolute Gasteiger partial charge is 0.507 e. The van der Waals surface area contributed by atoms with Crippen LogP contribution in [0.2, 0.25) is 5.02 Å². The number of nitrogens with zero attached hydrogens (tertiary/aromatic N) is 1. The molecule has 0 heterocycles. The van der Waals surface area contributed by atoms with Crippen molar-refractivity contribution >= 4 is 23.2 Å². The van der Waals surface area contributed by atoms with Crippen LogP contribution in [0, 0.1) is 0 Å². The van der Waals surface area contributed by atoms with Gasteiger partial charge in [-0.3, -0.25) is 4.79 Å². The highest BCUT2D eigenvalue weighted by Crippen LogP contribution is 2.22. The molecule has 0 aliphatic carbocycles. The van der Waals surface area contributed by atoms with Crippen molar-refractivity contribution in [2.24, 2.45) is 5.10 Å². The molecule has 2 rings (SSSR count). The lowest BCUT2D eigenvalue weighted by Crippen LogP contribution is -2.20. The van der Waals surface area contributed by atoms with Crippen LogP contribution in [0.4, 0.5) is 0 Å². The minimum Gasteiger partial charge on any atom is -0.507 e. The number of benzene rings is 2. The van der Waals surface area contributed by atoms with Crippen molar-refractivity contribution in [1.29, 1.82) is 0 Å². The number of rotatable bonds is 4. The Labute approximate surface area is 133 Å². The number of carbonyl (C=O) groups excluding carboxylic acids is 1. The van der Waals surface area contributed by atoms with Crippen LogP contribution in [-0.2, 0) is 0 Å². The van der Waals surface area contributed by atoms with Gasteiger partial charge in [-0.15, -0.1) is 0 Å². The standard InChI is InChI=1S/C16H15ClN2O3/c1-10(12-5-3-4-6-14(12)20)18-19-16(21)13-9-11(17)7-8-15(13)22-2/h3-9,20H,1-2H3,(H,19,21)/b18-10+. The summed E-state index contributed by atoms with van der Waals surface area (Å²) >= 11 is 5.89. The summed E-state index contributed by atoms with van der Waals surface area (Å²) in [7, 11) is 1.47. The molecule has 0 aliphatic rings. The van der Waals surface area contributed by atoms with E-state index in [0.29, 0.717) is 22.0 Å². The van der Waals surface area contributed by atoms with Crippen LogP contribution in [0.1, 0.15) is 22.8 Å². The van der Waals surface area contributed by atoms with Crippen LogP contribution in [0.5, 0.6) is 11.5 Å². The third-order valence-electron chi connectivity index (χ3n) is 3.03. The number of hydrogen-bond donors (Lipinski definition) is 2. The van der Waals surface area contributed by atoms with Crippen molar-refractivity contribution < 1.29 is 14.6 Å². The maximum Gasteiger partial charge on any atom is 0.275 e. The van der Waals surface area contributed by atoms with E-state index in [9.17, 15) is 9.90 Å². The monoisotopic (exact) mass is 318 g/mol. The van der Waals surface area contributed by atoms with Gasteiger partial charge in [0.05, 0.1) is 18.4 Å². The predicted molar refractivity (Wildman–Crippen MR) is 85.8 cm³/mol. The van der Waals surface area contributed by atoms with E-state index in [0.717, 1.165) is 0 Å². The quantitative estimate of drug-likeness (QED) is 0.671. The Morgan fingerprint density at radius 2 is 1.95 bits per heavy atom. The fourth-order valence-electron chi connectivity index (χ4n) is 1.89. The van der Waals surface area contributed by atoms with Gasteiger partial charge in [-0.1, -0.05) is 23.7 Å². The zero-order chi connectivity index (χ0) is 16.1. The molecule has 1 amide bonds. The lowest BCUT2D eigenvalue weighted by Gasteiger charge is -2.08. The third kappa shape index (κ3) is 3.56. The van der Waals surface area contributed by atoms with E-state index >= 15 is 0 Å². The first-order valence-electron chi connectivity index (χ1n) is 6.49. The van der Waals surface area contributed by atoms with E-state index < -0.39 is 5.91 Å². The first-order valence-corrected chi connectivity index (χ1v) is 6.87. The van der Waals surface area contributed by atoms with E-state index in [1.807, 2.05) is 0 Å². The van der Waals surface area contributed by atoms with Gasteiger partial charge < -0.3 is 9.84 Å². The fraction of sp³-hybridized carbons (Fsp3) is 0.125. The Kier molecular flexibility index (Phi) is 5.01. The number of methoxy groups -OCH3 is 1. The number of phenols is 1. The van der Waals surface area contributed by atoms with E-state index in [4.69, 9.17) is 16.3 Å². The molecule has 0 saturated heterocycles. The zero-order valence-corrected chi connectivity index (χ0v) is 12.9. The summed E-state index contributed by atoms with van der Waals surface area (Å²) in [5.74, 6) is 0.0461. The molecular formula is C16H15ClN2O3.